The molecule has 2 aromatic rings. The Labute approximate surface area is 156 Å². The van der Waals surface area contributed by atoms with Crippen molar-refractivity contribution >= 4 is 5.69 Å². The summed E-state index contributed by atoms with van der Waals surface area (Å²) >= 11 is 0. The highest BCUT2D eigenvalue weighted by atomic mass is 15.3. The molecule has 2 heterocycles. The number of hydrogen-bond donors (Lipinski definition) is 0. The Morgan fingerprint density at radius 2 is 1.65 bits per heavy atom. The molecular formula is C23H29N3. The molecule has 0 amide bonds. The molecule has 0 unspecified atom stereocenters. The fourth-order valence-corrected chi connectivity index (χ4v) is 7.72. The first-order chi connectivity index (χ1) is 12.6. The third-order valence-electron chi connectivity index (χ3n) is 8.30. The fraction of sp³-hybridized carbons (Fsp3) is 0.609. The Morgan fingerprint density at radius 1 is 1.00 bits per heavy atom. The van der Waals surface area contributed by atoms with Crippen LogP contribution < -0.4 is 4.90 Å². The second kappa shape index (κ2) is 4.94. The van der Waals surface area contributed by atoms with E-state index in [1.165, 1.54) is 54.7 Å². The van der Waals surface area contributed by atoms with Gasteiger partial charge < -0.3 is 9.47 Å². The summed E-state index contributed by atoms with van der Waals surface area (Å²) in [6.45, 7) is 4.69. The molecule has 3 nitrogen and oxygen atoms in total. The summed E-state index contributed by atoms with van der Waals surface area (Å²) < 4.78 is 2.30. The van der Waals surface area contributed by atoms with Gasteiger partial charge in [0.2, 0.25) is 0 Å². The van der Waals surface area contributed by atoms with E-state index in [9.17, 15) is 0 Å². The van der Waals surface area contributed by atoms with Crippen LogP contribution in [0.4, 0.5) is 5.69 Å². The minimum absolute atomic E-state index is 0.134. The van der Waals surface area contributed by atoms with E-state index in [1.807, 2.05) is 0 Å². The maximum Gasteiger partial charge on any atom is 0.0950 e. The molecule has 1 aromatic carbocycles. The number of imidazole rings is 1. The summed E-state index contributed by atoms with van der Waals surface area (Å²) in [5.74, 6) is 3.50. The number of aromatic nitrogens is 2. The van der Waals surface area contributed by atoms with Crippen LogP contribution in [0, 0.1) is 30.6 Å². The van der Waals surface area contributed by atoms with Crippen molar-refractivity contribution in [3.63, 3.8) is 0 Å². The lowest BCUT2D eigenvalue weighted by molar-refractivity contribution is -0.0618. The van der Waals surface area contributed by atoms with Gasteiger partial charge in [-0.05, 0) is 81.3 Å². The van der Waals surface area contributed by atoms with E-state index in [0.29, 0.717) is 6.04 Å². The van der Waals surface area contributed by atoms with Crippen molar-refractivity contribution in [3.05, 3.63) is 47.5 Å². The van der Waals surface area contributed by atoms with Crippen molar-refractivity contribution in [1.29, 1.82) is 0 Å². The summed E-state index contributed by atoms with van der Waals surface area (Å²) in [6, 6.07) is 9.42. The van der Waals surface area contributed by atoms with Crippen molar-refractivity contribution < 1.29 is 0 Å². The van der Waals surface area contributed by atoms with Gasteiger partial charge in [-0.25, -0.2) is 4.98 Å². The van der Waals surface area contributed by atoms with Crippen molar-refractivity contribution in [2.24, 2.45) is 30.7 Å². The number of anilines is 1. The van der Waals surface area contributed by atoms with Gasteiger partial charge in [0.15, 0.2) is 0 Å². The van der Waals surface area contributed by atoms with Crippen LogP contribution in [-0.2, 0) is 12.6 Å². The van der Waals surface area contributed by atoms with Gasteiger partial charge in [-0.1, -0.05) is 18.2 Å². The van der Waals surface area contributed by atoms with Gasteiger partial charge >= 0.3 is 0 Å². The number of hydrogen-bond acceptors (Lipinski definition) is 2. The van der Waals surface area contributed by atoms with Crippen LogP contribution >= 0.6 is 0 Å². The molecule has 3 heteroatoms. The summed E-state index contributed by atoms with van der Waals surface area (Å²) in [7, 11) is 2.19. The van der Waals surface area contributed by atoms with Gasteiger partial charge in [0, 0.05) is 12.7 Å². The zero-order chi connectivity index (χ0) is 17.6. The number of para-hydroxylation sites is 1. The van der Waals surface area contributed by atoms with Crippen molar-refractivity contribution in [2.75, 3.05) is 4.90 Å². The highest BCUT2D eigenvalue weighted by Gasteiger charge is 2.66. The van der Waals surface area contributed by atoms with E-state index in [1.54, 1.807) is 0 Å². The Hall–Kier alpha value is -1.77. The molecule has 0 radical (unpaired) electrons. The Balaban J connectivity index is 1.62. The van der Waals surface area contributed by atoms with Gasteiger partial charge in [0.1, 0.15) is 0 Å². The predicted molar refractivity (Wildman–Crippen MR) is 104 cm³/mol. The quantitative estimate of drug-likeness (QED) is 0.727. The molecule has 4 fully saturated rings. The molecule has 136 valence electrons. The lowest BCUT2D eigenvalue weighted by Crippen LogP contribution is -2.62. The fourth-order valence-electron chi connectivity index (χ4n) is 7.72. The van der Waals surface area contributed by atoms with Gasteiger partial charge in [-0.2, -0.15) is 0 Å². The molecule has 4 aliphatic carbocycles. The average molecular weight is 348 g/mol. The lowest BCUT2D eigenvalue weighted by Gasteiger charge is -2.63. The standard InChI is InChI=1S/C23H29N3/c1-14-6-4-5-7-20(14)26-15(2)21-22(24-13-25(21)3)23(26)18-9-16-8-17(11-18)12-19(23)10-16/h4-7,13,15-19H,8-12H2,1-3H3/t15-,16?,17?,18?,19?,23?/m0/s1. The largest absolute Gasteiger partial charge is 0.351 e. The molecule has 1 aliphatic heterocycles. The van der Waals surface area contributed by atoms with Gasteiger partial charge in [0.25, 0.3) is 0 Å². The maximum absolute atomic E-state index is 5.07. The summed E-state index contributed by atoms with van der Waals surface area (Å²) in [5.41, 5.74) is 5.85. The first kappa shape index (κ1) is 15.3. The SMILES string of the molecule is Cc1ccccc1N1[C@@H](C)c2c(ncn2C)C12C1CC3CC(C1)CC2C3. The summed E-state index contributed by atoms with van der Waals surface area (Å²) in [5, 5.41) is 0. The molecule has 1 atom stereocenters. The van der Waals surface area contributed by atoms with Crippen LogP contribution in [0.5, 0.6) is 0 Å². The van der Waals surface area contributed by atoms with Gasteiger partial charge in [0.05, 0.1) is 29.3 Å². The van der Waals surface area contributed by atoms with Crippen LogP contribution in [0.1, 0.15) is 62.0 Å². The molecule has 5 aliphatic rings. The predicted octanol–water partition coefficient (Wildman–Crippen LogP) is 4.96. The monoisotopic (exact) mass is 347 g/mol. The van der Waals surface area contributed by atoms with E-state index >= 15 is 0 Å². The number of benzene rings is 1. The first-order valence-corrected chi connectivity index (χ1v) is 10.5. The van der Waals surface area contributed by atoms with Crippen molar-refractivity contribution in [3.8, 4) is 0 Å². The average Bonchev–Trinajstić information content (AvgIpc) is 3.11. The first-order valence-electron chi connectivity index (χ1n) is 10.5. The van der Waals surface area contributed by atoms with E-state index in [0.717, 1.165) is 23.7 Å². The zero-order valence-corrected chi connectivity index (χ0v) is 16.2. The molecule has 1 aromatic heterocycles. The van der Waals surface area contributed by atoms with Crippen LogP contribution in [0.25, 0.3) is 0 Å². The third-order valence-corrected chi connectivity index (χ3v) is 8.30. The van der Waals surface area contributed by atoms with Gasteiger partial charge in [-0.15, -0.1) is 0 Å². The minimum Gasteiger partial charge on any atom is -0.351 e. The minimum atomic E-state index is 0.134. The second-order valence-electron chi connectivity index (χ2n) is 9.55. The third kappa shape index (κ3) is 1.64. The number of fused-ring (bicyclic) bond motifs is 1. The topological polar surface area (TPSA) is 21.1 Å². The van der Waals surface area contributed by atoms with Gasteiger partial charge in [-0.3, -0.25) is 0 Å². The lowest BCUT2D eigenvalue weighted by atomic mass is 9.47. The number of nitrogens with zero attached hydrogens (tertiary/aromatic N) is 3. The Morgan fingerprint density at radius 3 is 2.31 bits per heavy atom. The summed E-state index contributed by atoms with van der Waals surface area (Å²) in [6.07, 6.45) is 9.23. The van der Waals surface area contributed by atoms with E-state index in [4.69, 9.17) is 4.98 Å². The van der Waals surface area contributed by atoms with Crippen molar-refractivity contribution in [1.82, 2.24) is 9.55 Å². The second-order valence-corrected chi connectivity index (χ2v) is 9.55. The van der Waals surface area contributed by atoms with E-state index in [-0.39, 0.29) is 5.54 Å². The molecule has 7 rings (SSSR count). The highest BCUT2D eigenvalue weighted by molar-refractivity contribution is 5.63. The smallest absolute Gasteiger partial charge is 0.0950 e. The molecule has 0 saturated heterocycles. The molecular weight excluding hydrogens is 318 g/mol. The van der Waals surface area contributed by atoms with Crippen LogP contribution in [-0.4, -0.2) is 9.55 Å². The molecule has 26 heavy (non-hydrogen) atoms. The molecule has 4 saturated carbocycles. The molecule has 1 spiro atoms. The summed E-state index contributed by atoms with van der Waals surface area (Å²) in [4.78, 5) is 7.90. The molecule has 4 bridgehead atoms. The normalized spacial score (nSPS) is 39.8. The zero-order valence-electron chi connectivity index (χ0n) is 16.2. The Kier molecular flexibility index (Phi) is 2.90. The van der Waals surface area contributed by atoms with E-state index < -0.39 is 0 Å². The van der Waals surface area contributed by atoms with E-state index in [2.05, 4.69) is 61.0 Å². The maximum atomic E-state index is 5.07. The van der Waals surface area contributed by atoms with Crippen molar-refractivity contribution in [2.45, 2.75) is 57.5 Å². The molecule has 0 N–H and O–H groups in total. The van der Waals surface area contributed by atoms with Crippen LogP contribution in [0.2, 0.25) is 0 Å². The van der Waals surface area contributed by atoms with Crippen LogP contribution in [0.3, 0.4) is 0 Å². The Bertz CT molecular complexity index is 851. The number of aryl methyl sites for hydroxylation is 2. The highest BCUT2D eigenvalue weighted by Crippen LogP contribution is 2.68. The number of rotatable bonds is 1. The van der Waals surface area contributed by atoms with Crippen LogP contribution in [0.15, 0.2) is 30.6 Å².